The number of nitrogens with one attached hydrogen (secondary N) is 1. The van der Waals surface area contributed by atoms with E-state index in [1.807, 2.05) is 0 Å². The molecule has 7 nitrogen and oxygen atoms in total. The molecule has 0 saturated carbocycles. The second-order valence-electron chi connectivity index (χ2n) is 7.02. The summed E-state index contributed by atoms with van der Waals surface area (Å²) < 4.78 is 34.2. The molecule has 1 aromatic rings. The average Bonchev–Trinajstić information content (AvgIpc) is 2.81. The first-order chi connectivity index (χ1) is 12.3. The fourth-order valence-electron chi connectivity index (χ4n) is 3.44. The number of esters is 1. The first-order valence-electron chi connectivity index (χ1n) is 9.26. The molecule has 2 rings (SSSR count). The van der Waals surface area contributed by atoms with E-state index in [1.54, 1.807) is 18.5 Å². The third-order valence-corrected chi connectivity index (χ3v) is 6.87. The summed E-state index contributed by atoms with van der Waals surface area (Å²) in [5.74, 6) is -0.549. The topological polar surface area (TPSA) is 80.6 Å². The maximum Gasteiger partial charge on any atom is 0.354 e. The molecule has 1 aromatic heterocycles. The Morgan fingerprint density at radius 1 is 1.27 bits per heavy atom. The highest BCUT2D eigenvalue weighted by atomic mass is 32.2. The minimum absolute atomic E-state index is 0.128. The molecule has 1 aliphatic rings. The smallest absolute Gasteiger partial charge is 0.354 e. The van der Waals surface area contributed by atoms with Crippen LogP contribution in [0.25, 0.3) is 0 Å². The van der Waals surface area contributed by atoms with Crippen LogP contribution < -0.4 is 4.72 Å². The van der Waals surface area contributed by atoms with Crippen molar-refractivity contribution < 1.29 is 17.9 Å². The van der Waals surface area contributed by atoms with Crippen molar-refractivity contribution in [2.75, 3.05) is 26.7 Å². The average molecular weight is 386 g/mol. The third-order valence-electron chi connectivity index (χ3n) is 5.29. The number of ether oxygens (including phenoxy) is 1. The number of likely N-dealkylation sites (tertiary alicyclic amines) is 1. The maximum atomic E-state index is 12.7. The van der Waals surface area contributed by atoms with E-state index < -0.39 is 16.0 Å². The lowest BCUT2D eigenvalue weighted by atomic mass is 10.2. The van der Waals surface area contributed by atoms with E-state index in [0.29, 0.717) is 18.3 Å². The summed E-state index contributed by atoms with van der Waals surface area (Å²) in [6.07, 6.45) is 5.76. The van der Waals surface area contributed by atoms with E-state index in [-0.39, 0.29) is 10.6 Å². The van der Waals surface area contributed by atoms with Gasteiger partial charge in [-0.3, -0.25) is 0 Å². The zero-order valence-corrected chi connectivity index (χ0v) is 17.1. The van der Waals surface area contributed by atoms with Crippen molar-refractivity contribution in [1.29, 1.82) is 0 Å². The maximum absolute atomic E-state index is 12.7. The normalized spacial score (nSPS) is 17.7. The Bertz CT molecular complexity index is 719. The first-order valence-corrected chi connectivity index (χ1v) is 10.7. The number of carbonyl (C=O) groups is 1. The molecule has 1 fully saturated rings. The Morgan fingerprint density at radius 2 is 1.88 bits per heavy atom. The van der Waals surface area contributed by atoms with Crippen molar-refractivity contribution in [3.8, 4) is 0 Å². The van der Waals surface area contributed by atoms with Crippen LogP contribution in [-0.4, -0.2) is 56.6 Å². The molecule has 0 amide bonds. The van der Waals surface area contributed by atoms with Gasteiger partial charge >= 0.3 is 5.97 Å². The van der Waals surface area contributed by atoms with Gasteiger partial charge < -0.3 is 14.2 Å². The fourth-order valence-corrected chi connectivity index (χ4v) is 4.78. The lowest BCUT2D eigenvalue weighted by Crippen LogP contribution is -2.37. The second-order valence-corrected chi connectivity index (χ2v) is 8.75. The van der Waals surface area contributed by atoms with Crippen molar-refractivity contribution in [2.24, 2.45) is 7.05 Å². The standard InChI is InChI=1S/C18H31N3O4S/c1-14(21-11-7-5-6-8-12-21)9-10-19-26(23,24)17-13-16(18(22)25-4)20(3)15(17)2/h13-14,19H,5-12H2,1-4H3/t14-/m1/s1. The van der Waals surface area contributed by atoms with Gasteiger partial charge in [-0.1, -0.05) is 12.8 Å². The Morgan fingerprint density at radius 3 is 2.46 bits per heavy atom. The van der Waals surface area contributed by atoms with E-state index in [4.69, 9.17) is 4.74 Å². The van der Waals surface area contributed by atoms with Crippen molar-refractivity contribution >= 4 is 16.0 Å². The van der Waals surface area contributed by atoms with Gasteiger partial charge in [0, 0.05) is 25.3 Å². The van der Waals surface area contributed by atoms with Crippen LogP contribution in [0, 0.1) is 6.92 Å². The zero-order valence-electron chi connectivity index (χ0n) is 16.2. The van der Waals surface area contributed by atoms with Gasteiger partial charge in [0.25, 0.3) is 0 Å². The van der Waals surface area contributed by atoms with Gasteiger partial charge in [-0.15, -0.1) is 0 Å². The van der Waals surface area contributed by atoms with Crippen LogP contribution in [0.4, 0.5) is 0 Å². The number of rotatable bonds is 7. The lowest BCUT2D eigenvalue weighted by Gasteiger charge is -2.27. The molecule has 1 N–H and O–H groups in total. The highest BCUT2D eigenvalue weighted by Crippen LogP contribution is 2.20. The molecule has 0 unspecified atom stereocenters. The van der Waals surface area contributed by atoms with Crippen LogP contribution in [0.2, 0.25) is 0 Å². The summed E-state index contributed by atoms with van der Waals surface area (Å²) >= 11 is 0. The summed E-state index contributed by atoms with van der Waals surface area (Å²) in [5, 5.41) is 0. The van der Waals surface area contributed by atoms with Crippen LogP contribution in [-0.2, 0) is 21.8 Å². The summed E-state index contributed by atoms with van der Waals surface area (Å²) in [6, 6.07) is 1.72. The number of methoxy groups -OCH3 is 1. The molecule has 1 atom stereocenters. The van der Waals surface area contributed by atoms with Crippen molar-refractivity contribution in [2.45, 2.75) is 56.9 Å². The number of nitrogens with zero attached hydrogens (tertiary/aromatic N) is 2. The van der Waals surface area contributed by atoms with Crippen LogP contribution in [0.15, 0.2) is 11.0 Å². The molecule has 26 heavy (non-hydrogen) atoms. The highest BCUT2D eigenvalue weighted by Gasteiger charge is 2.25. The molecule has 1 aliphatic heterocycles. The molecule has 0 radical (unpaired) electrons. The third kappa shape index (κ3) is 4.86. The Hall–Kier alpha value is -1.38. The van der Waals surface area contributed by atoms with Crippen molar-refractivity contribution in [3.63, 3.8) is 0 Å². The largest absolute Gasteiger partial charge is 0.464 e. The molecule has 2 heterocycles. The molecule has 0 spiro atoms. The van der Waals surface area contributed by atoms with Crippen LogP contribution in [0.1, 0.15) is 55.2 Å². The molecule has 0 bridgehead atoms. The van der Waals surface area contributed by atoms with E-state index >= 15 is 0 Å². The van der Waals surface area contributed by atoms with Gasteiger partial charge in [-0.05, 0) is 52.3 Å². The predicted octanol–water partition coefficient (Wildman–Crippen LogP) is 2.05. The van der Waals surface area contributed by atoms with Crippen molar-refractivity contribution in [3.05, 3.63) is 17.5 Å². The van der Waals surface area contributed by atoms with Crippen LogP contribution in [0.3, 0.4) is 0 Å². The van der Waals surface area contributed by atoms with Gasteiger partial charge in [0.2, 0.25) is 10.0 Å². The van der Waals surface area contributed by atoms with Gasteiger partial charge in [-0.2, -0.15) is 0 Å². The number of hydrogen-bond donors (Lipinski definition) is 1. The van der Waals surface area contributed by atoms with Gasteiger partial charge in [-0.25, -0.2) is 17.9 Å². The summed E-state index contributed by atoms with van der Waals surface area (Å²) in [6.45, 7) is 6.40. The van der Waals surface area contributed by atoms with E-state index in [1.165, 1.54) is 38.9 Å². The van der Waals surface area contributed by atoms with Crippen LogP contribution in [0.5, 0.6) is 0 Å². The molecule has 1 saturated heterocycles. The lowest BCUT2D eigenvalue weighted by molar-refractivity contribution is 0.0589. The van der Waals surface area contributed by atoms with Crippen molar-refractivity contribution in [1.82, 2.24) is 14.2 Å². The molecular weight excluding hydrogens is 354 g/mol. The zero-order chi connectivity index (χ0) is 19.3. The van der Waals surface area contributed by atoms with E-state index in [9.17, 15) is 13.2 Å². The van der Waals surface area contributed by atoms with Gasteiger partial charge in [0.15, 0.2) is 0 Å². The Kier molecular flexibility index (Phi) is 7.25. The molecule has 148 valence electrons. The second kappa shape index (κ2) is 9.01. The number of aromatic nitrogens is 1. The Balaban J connectivity index is 1.99. The summed E-state index contributed by atoms with van der Waals surface area (Å²) in [7, 11) is -0.731. The van der Waals surface area contributed by atoms with E-state index in [2.05, 4.69) is 16.5 Å². The van der Waals surface area contributed by atoms with E-state index in [0.717, 1.165) is 19.5 Å². The van der Waals surface area contributed by atoms with Gasteiger partial charge in [0.05, 0.1) is 7.11 Å². The monoisotopic (exact) mass is 385 g/mol. The number of carbonyl (C=O) groups excluding carboxylic acids is 1. The molecule has 0 aliphatic carbocycles. The predicted molar refractivity (Wildman–Crippen MR) is 101 cm³/mol. The Labute approximate surface area is 156 Å². The van der Waals surface area contributed by atoms with Gasteiger partial charge in [0.1, 0.15) is 10.6 Å². The molecular formula is C18H31N3O4S. The summed E-state index contributed by atoms with van der Waals surface area (Å²) in [5.41, 5.74) is 0.738. The highest BCUT2D eigenvalue weighted by molar-refractivity contribution is 7.89. The number of hydrogen-bond acceptors (Lipinski definition) is 5. The summed E-state index contributed by atoms with van der Waals surface area (Å²) in [4.78, 5) is 14.3. The SMILES string of the molecule is COC(=O)c1cc(S(=O)(=O)NCC[C@@H](C)N2CCCCCC2)c(C)n1C. The van der Waals surface area contributed by atoms with Crippen LogP contribution >= 0.6 is 0 Å². The minimum Gasteiger partial charge on any atom is -0.464 e. The fraction of sp³-hybridized carbons (Fsp3) is 0.722. The number of sulfonamides is 1. The minimum atomic E-state index is -3.67. The first kappa shape index (κ1) is 20.9. The molecule has 8 heteroatoms. The molecule has 0 aromatic carbocycles. The quantitative estimate of drug-likeness (QED) is 0.727.